The Morgan fingerprint density at radius 2 is 1.69 bits per heavy atom. The van der Waals surface area contributed by atoms with Crippen LogP contribution in [0.3, 0.4) is 0 Å². The van der Waals surface area contributed by atoms with Gasteiger partial charge in [0.05, 0.1) is 12.0 Å². The fraction of sp³-hybridized carbons (Fsp3) is 0.294. The Labute approximate surface area is 162 Å². The molecule has 9 heteroatoms. The Morgan fingerprint density at radius 1 is 1.08 bits per heavy atom. The topological polar surface area (TPSA) is 89.5 Å². The van der Waals surface area contributed by atoms with Gasteiger partial charge in [0.2, 0.25) is 10.0 Å². The molecule has 2 aromatic rings. The lowest BCUT2D eigenvalue weighted by molar-refractivity contribution is 0.401. The Hall–Kier alpha value is -1.42. The van der Waals surface area contributed by atoms with Gasteiger partial charge in [0.15, 0.2) is 9.84 Å². The lowest BCUT2D eigenvalue weighted by Gasteiger charge is -2.19. The summed E-state index contributed by atoms with van der Waals surface area (Å²) in [6.45, 7) is 1.84. The second-order valence-corrected chi connectivity index (χ2v) is 10.3. The van der Waals surface area contributed by atoms with E-state index in [4.69, 9.17) is 4.74 Å². The lowest BCUT2D eigenvalue weighted by atomic mass is 10.1. The maximum atomic E-state index is 12.8. The number of rotatable bonds is 7. The van der Waals surface area contributed by atoms with Crippen molar-refractivity contribution in [3.8, 4) is 5.75 Å². The standard InChI is InChI=1S/C17H20BrNO5S2/c1-4-15(12-5-8-14(9-6-12)25(3,20)21)19-26(22,23)17-11-13(18)7-10-16(17)24-2/h5-11,15,19H,4H2,1-3H3/t15-/m0/s1. The van der Waals surface area contributed by atoms with Gasteiger partial charge in [-0.2, -0.15) is 0 Å². The summed E-state index contributed by atoms with van der Waals surface area (Å²) >= 11 is 3.27. The molecule has 0 aliphatic heterocycles. The number of sulfone groups is 1. The van der Waals surface area contributed by atoms with Gasteiger partial charge in [0.1, 0.15) is 10.6 Å². The molecule has 6 nitrogen and oxygen atoms in total. The van der Waals surface area contributed by atoms with Crippen LogP contribution in [0.4, 0.5) is 0 Å². The summed E-state index contributed by atoms with van der Waals surface area (Å²) in [5, 5.41) is 0. The second-order valence-electron chi connectivity index (χ2n) is 5.72. The van der Waals surface area contributed by atoms with E-state index in [-0.39, 0.29) is 15.5 Å². The van der Waals surface area contributed by atoms with Crippen LogP contribution in [-0.2, 0) is 19.9 Å². The molecule has 0 bridgehead atoms. The minimum absolute atomic E-state index is 0.0283. The maximum absolute atomic E-state index is 12.8. The molecule has 0 heterocycles. The summed E-state index contributed by atoms with van der Waals surface area (Å²) in [7, 11) is -5.74. The first-order chi connectivity index (χ1) is 12.1. The quantitative estimate of drug-likeness (QED) is 0.682. The molecule has 0 unspecified atom stereocenters. The molecule has 142 valence electrons. The van der Waals surface area contributed by atoms with Crippen LogP contribution in [0.5, 0.6) is 5.75 Å². The van der Waals surface area contributed by atoms with Crippen molar-refractivity contribution in [3.63, 3.8) is 0 Å². The normalized spacial score (nSPS) is 13.4. The lowest BCUT2D eigenvalue weighted by Crippen LogP contribution is -2.28. The summed E-state index contributed by atoms with van der Waals surface area (Å²) in [6.07, 6.45) is 1.62. The first kappa shape index (κ1) is 20.9. The van der Waals surface area contributed by atoms with Crippen molar-refractivity contribution >= 4 is 35.8 Å². The fourth-order valence-corrected chi connectivity index (χ4v) is 5.09. The van der Waals surface area contributed by atoms with Crippen molar-refractivity contribution in [1.82, 2.24) is 4.72 Å². The molecule has 0 aromatic heterocycles. The molecule has 26 heavy (non-hydrogen) atoms. The van der Waals surface area contributed by atoms with Gasteiger partial charge in [0, 0.05) is 16.8 Å². The highest BCUT2D eigenvalue weighted by molar-refractivity contribution is 9.10. The van der Waals surface area contributed by atoms with Gasteiger partial charge in [-0.3, -0.25) is 0 Å². The van der Waals surface area contributed by atoms with Crippen molar-refractivity contribution in [2.45, 2.75) is 29.2 Å². The molecule has 0 saturated carbocycles. The van der Waals surface area contributed by atoms with Gasteiger partial charge in [-0.15, -0.1) is 0 Å². The highest BCUT2D eigenvalue weighted by atomic mass is 79.9. The summed E-state index contributed by atoms with van der Waals surface area (Å²) < 4.78 is 57.2. The van der Waals surface area contributed by atoms with Crippen molar-refractivity contribution in [2.75, 3.05) is 13.4 Å². The average Bonchev–Trinajstić information content (AvgIpc) is 2.59. The van der Waals surface area contributed by atoms with E-state index in [1.165, 1.54) is 25.3 Å². The van der Waals surface area contributed by atoms with Crippen LogP contribution in [-0.4, -0.2) is 30.2 Å². The van der Waals surface area contributed by atoms with E-state index < -0.39 is 25.9 Å². The van der Waals surface area contributed by atoms with Gasteiger partial charge < -0.3 is 4.74 Å². The van der Waals surface area contributed by atoms with Gasteiger partial charge in [-0.25, -0.2) is 21.6 Å². The molecular formula is C17H20BrNO5S2. The third-order valence-corrected chi connectivity index (χ3v) is 6.95. The van der Waals surface area contributed by atoms with Crippen LogP contribution in [0, 0.1) is 0 Å². The number of sulfonamides is 1. The van der Waals surface area contributed by atoms with Crippen molar-refractivity contribution in [3.05, 3.63) is 52.5 Å². The number of ether oxygens (including phenoxy) is 1. The highest BCUT2D eigenvalue weighted by Crippen LogP contribution is 2.29. The van der Waals surface area contributed by atoms with E-state index in [2.05, 4.69) is 20.7 Å². The van der Waals surface area contributed by atoms with Crippen LogP contribution in [0.25, 0.3) is 0 Å². The number of nitrogens with one attached hydrogen (secondary N) is 1. The van der Waals surface area contributed by atoms with Crippen molar-refractivity contribution in [1.29, 1.82) is 0 Å². The number of hydrogen-bond acceptors (Lipinski definition) is 5. The average molecular weight is 462 g/mol. The molecule has 0 spiro atoms. The van der Waals surface area contributed by atoms with Crippen LogP contribution in [0.15, 0.2) is 56.7 Å². The molecule has 0 fully saturated rings. The molecule has 0 amide bonds. The molecule has 0 saturated heterocycles. The van der Waals surface area contributed by atoms with E-state index in [1.54, 1.807) is 24.3 Å². The fourth-order valence-electron chi connectivity index (χ4n) is 2.45. The Balaban J connectivity index is 2.36. The minimum Gasteiger partial charge on any atom is -0.495 e. The maximum Gasteiger partial charge on any atom is 0.244 e. The number of benzene rings is 2. The minimum atomic E-state index is -3.85. The number of methoxy groups -OCH3 is 1. The van der Waals surface area contributed by atoms with Crippen LogP contribution in [0.1, 0.15) is 24.9 Å². The van der Waals surface area contributed by atoms with E-state index >= 15 is 0 Å². The van der Waals surface area contributed by atoms with E-state index in [0.29, 0.717) is 16.5 Å². The van der Waals surface area contributed by atoms with Crippen LogP contribution < -0.4 is 9.46 Å². The predicted octanol–water partition coefficient (Wildman–Crippen LogP) is 3.29. The molecule has 1 atom stereocenters. The molecule has 0 aliphatic rings. The van der Waals surface area contributed by atoms with Gasteiger partial charge in [0.25, 0.3) is 0 Å². The Kier molecular flexibility index (Phi) is 6.49. The van der Waals surface area contributed by atoms with Gasteiger partial charge >= 0.3 is 0 Å². The van der Waals surface area contributed by atoms with Crippen molar-refractivity contribution < 1.29 is 21.6 Å². The third-order valence-electron chi connectivity index (χ3n) is 3.83. The smallest absolute Gasteiger partial charge is 0.244 e. The molecule has 0 aliphatic carbocycles. The summed E-state index contributed by atoms with van der Waals surface area (Å²) in [6, 6.07) is 10.4. The Bertz CT molecular complexity index is 986. The predicted molar refractivity (Wildman–Crippen MR) is 104 cm³/mol. The summed E-state index contributed by atoms with van der Waals surface area (Å²) in [5.74, 6) is 0.239. The SMILES string of the molecule is CC[C@H](NS(=O)(=O)c1cc(Br)ccc1OC)c1ccc(S(C)(=O)=O)cc1. The highest BCUT2D eigenvalue weighted by Gasteiger charge is 2.24. The number of hydrogen-bond donors (Lipinski definition) is 1. The van der Waals surface area contributed by atoms with E-state index in [1.807, 2.05) is 6.92 Å². The van der Waals surface area contributed by atoms with E-state index in [9.17, 15) is 16.8 Å². The van der Waals surface area contributed by atoms with Gasteiger partial charge in [-0.05, 0) is 42.3 Å². The van der Waals surface area contributed by atoms with Gasteiger partial charge in [-0.1, -0.05) is 35.0 Å². The first-order valence-electron chi connectivity index (χ1n) is 7.74. The third kappa shape index (κ3) is 4.85. The monoisotopic (exact) mass is 461 g/mol. The molecule has 2 rings (SSSR count). The molecule has 0 radical (unpaired) electrons. The van der Waals surface area contributed by atoms with Crippen LogP contribution in [0.2, 0.25) is 0 Å². The zero-order valence-electron chi connectivity index (χ0n) is 14.6. The molecule has 2 aromatic carbocycles. The first-order valence-corrected chi connectivity index (χ1v) is 11.9. The molecule has 1 N–H and O–H groups in total. The van der Waals surface area contributed by atoms with Crippen molar-refractivity contribution in [2.24, 2.45) is 0 Å². The summed E-state index contributed by atoms with van der Waals surface area (Å²) in [4.78, 5) is 0.216. The largest absolute Gasteiger partial charge is 0.495 e. The second kappa shape index (κ2) is 8.08. The summed E-state index contributed by atoms with van der Waals surface area (Å²) in [5.41, 5.74) is 0.678. The Morgan fingerprint density at radius 3 is 2.19 bits per heavy atom. The zero-order chi connectivity index (χ0) is 19.5. The number of halogens is 1. The zero-order valence-corrected chi connectivity index (χ0v) is 17.8. The molecular weight excluding hydrogens is 442 g/mol. The van der Waals surface area contributed by atoms with Crippen LogP contribution >= 0.6 is 15.9 Å². The van der Waals surface area contributed by atoms with E-state index in [0.717, 1.165) is 6.26 Å².